The smallest absolute Gasteiger partial charge is 0.178 e. The molecule has 0 amide bonds. The molecule has 2 nitrogen and oxygen atoms in total. The summed E-state index contributed by atoms with van der Waals surface area (Å²) in [6.07, 6.45) is 2.30. The van der Waals surface area contributed by atoms with Crippen LogP contribution in [0, 0.1) is 5.82 Å². The Bertz CT molecular complexity index is 548. The first-order valence-corrected chi connectivity index (χ1v) is 5.86. The second-order valence-corrected chi connectivity index (χ2v) is 4.85. The highest BCUT2D eigenvalue weighted by molar-refractivity contribution is 9.10. The number of fused-ring (bicyclic) bond motifs is 1. The highest BCUT2D eigenvalue weighted by Gasteiger charge is 2.27. The van der Waals surface area contributed by atoms with E-state index in [1.54, 1.807) is 6.07 Å². The lowest BCUT2D eigenvalue weighted by Gasteiger charge is -2.02. The molecule has 2 aromatic rings. The summed E-state index contributed by atoms with van der Waals surface area (Å²) in [5.74, 6) is -0.419. The van der Waals surface area contributed by atoms with Crippen molar-refractivity contribution in [3.05, 3.63) is 27.7 Å². The quantitative estimate of drug-likeness (QED) is 0.778. The number of imidazole rings is 1. The van der Waals surface area contributed by atoms with E-state index in [4.69, 9.17) is 11.6 Å². The molecule has 78 valence electrons. The Morgan fingerprint density at radius 2 is 2.20 bits per heavy atom. The molecule has 0 spiro atoms. The molecule has 0 aliphatic heterocycles. The molecule has 1 aliphatic carbocycles. The first-order valence-electron chi connectivity index (χ1n) is 4.69. The van der Waals surface area contributed by atoms with Crippen LogP contribution in [-0.2, 0) is 0 Å². The molecule has 1 fully saturated rings. The third kappa shape index (κ3) is 1.47. The number of halogens is 3. The first kappa shape index (κ1) is 9.60. The van der Waals surface area contributed by atoms with Crippen molar-refractivity contribution < 1.29 is 4.39 Å². The Morgan fingerprint density at radius 3 is 2.87 bits per heavy atom. The zero-order valence-electron chi connectivity index (χ0n) is 7.67. The van der Waals surface area contributed by atoms with Gasteiger partial charge in [0.05, 0.1) is 16.1 Å². The van der Waals surface area contributed by atoms with Crippen LogP contribution >= 0.6 is 27.5 Å². The Labute approximate surface area is 99.2 Å². The predicted octanol–water partition coefficient (Wildman–Crippen LogP) is 3.93. The van der Waals surface area contributed by atoms with E-state index in [-0.39, 0.29) is 5.02 Å². The number of hydrogen-bond donors (Lipinski definition) is 0. The fraction of sp³-hybridized carbons (Fsp3) is 0.300. The number of aromatic nitrogens is 2. The van der Waals surface area contributed by atoms with Crippen LogP contribution < -0.4 is 0 Å². The molecule has 0 radical (unpaired) electrons. The second kappa shape index (κ2) is 3.19. The molecule has 0 bridgehead atoms. The van der Waals surface area contributed by atoms with Crippen molar-refractivity contribution in [2.45, 2.75) is 18.9 Å². The van der Waals surface area contributed by atoms with E-state index >= 15 is 0 Å². The molecule has 1 aromatic heterocycles. The molecule has 5 heteroatoms. The van der Waals surface area contributed by atoms with Crippen LogP contribution in [-0.4, -0.2) is 9.55 Å². The van der Waals surface area contributed by atoms with Crippen molar-refractivity contribution in [3.8, 4) is 0 Å². The second-order valence-electron chi connectivity index (χ2n) is 3.74. The molecule has 15 heavy (non-hydrogen) atoms. The Hall–Kier alpha value is -0.610. The van der Waals surface area contributed by atoms with Gasteiger partial charge in [0.25, 0.3) is 0 Å². The molecule has 1 heterocycles. The molecule has 1 aliphatic rings. The van der Waals surface area contributed by atoms with Crippen LogP contribution in [0.2, 0.25) is 5.02 Å². The lowest BCUT2D eigenvalue weighted by Crippen LogP contribution is -1.93. The van der Waals surface area contributed by atoms with E-state index in [2.05, 4.69) is 25.5 Å². The summed E-state index contributed by atoms with van der Waals surface area (Å²) in [4.78, 5) is 4.26. The van der Waals surface area contributed by atoms with Gasteiger partial charge in [0, 0.05) is 12.1 Å². The van der Waals surface area contributed by atoms with Gasteiger partial charge in [-0.2, -0.15) is 0 Å². The average molecular weight is 290 g/mol. The van der Waals surface area contributed by atoms with Crippen molar-refractivity contribution in [1.29, 1.82) is 0 Å². The summed E-state index contributed by atoms with van der Waals surface area (Å²) >= 11 is 9.15. The van der Waals surface area contributed by atoms with Crippen LogP contribution in [0.1, 0.15) is 18.9 Å². The molecule has 0 atom stereocenters. The Balaban J connectivity index is 2.34. The summed E-state index contributed by atoms with van der Waals surface area (Å²) in [7, 11) is 0. The number of nitrogens with zero attached hydrogens (tertiary/aromatic N) is 2. The number of rotatable bonds is 1. The minimum atomic E-state index is -0.419. The van der Waals surface area contributed by atoms with Gasteiger partial charge in [0.1, 0.15) is 5.82 Å². The highest BCUT2D eigenvalue weighted by Crippen LogP contribution is 2.40. The van der Waals surface area contributed by atoms with Gasteiger partial charge in [-0.25, -0.2) is 9.37 Å². The van der Waals surface area contributed by atoms with Crippen LogP contribution in [0.15, 0.2) is 16.9 Å². The molecule has 3 rings (SSSR count). The summed E-state index contributed by atoms with van der Waals surface area (Å²) < 4.78 is 16.0. The molecule has 0 saturated heterocycles. The summed E-state index contributed by atoms with van der Waals surface area (Å²) in [5, 5.41) is 0.150. The van der Waals surface area contributed by atoms with Gasteiger partial charge in [-0.05, 0) is 34.8 Å². The molecule has 0 unspecified atom stereocenters. The van der Waals surface area contributed by atoms with Crippen LogP contribution in [0.5, 0.6) is 0 Å². The van der Waals surface area contributed by atoms with Gasteiger partial charge in [0.15, 0.2) is 4.73 Å². The lowest BCUT2D eigenvalue weighted by molar-refractivity contribution is 0.629. The maximum atomic E-state index is 13.2. The first-order chi connectivity index (χ1) is 7.16. The molecular weight excluding hydrogens is 282 g/mol. The van der Waals surface area contributed by atoms with Gasteiger partial charge >= 0.3 is 0 Å². The maximum Gasteiger partial charge on any atom is 0.178 e. The van der Waals surface area contributed by atoms with Crippen LogP contribution in [0.3, 0.4) is 0 Å². The zero-order valence-corrected chi connectivity index (χ0v) is 10.0. The highest BCUT2D eigenvalue weighted by atomic mass is 79.9. The zero-order chi connectivity index (χ0) is 10.6. The van der Waals surface area contributed by atoms with Gasteiger partial charge in [-0.3, -0.25) is 0 Å². The van der Waals surface area contributed by atoms with E-state index in [0.717, 1.165) is 23.1 Å². The SMILES string of the molecule is Fc1cc2nc(Br)n(C3CC3)c2cc1Cl. The molecule has 1 saturated carbocycles. The number of benzene rings is 1. The Morgan fingerprint density at radius 1 is 1.47 bits per heavy atom. The van der Waals surface area contributed by atoms with Crippen molar-refractivity contribution in [1.82, 2.24) is 9.55 Å². The van der Waals surface area contributed by atoms with Crippen LogP contribution in [0.4, 0.5) is 4.39 Å². The fourth-order valence-electron chi connectivity index (χ4n) is 1.74. The van der Waals surface area contributed by atoms with E-state index in [9.17, 15) is 4.39 Å². The van der Waals surface area contributed by atoms with E-state index in [1.807, 2.05) is 0 Å². The fourth-order valence-corrected chi connectivity index (χ4v) is 2.57. The third-order valence-electron chi connectivity index (χ3n) is 2.60. The monoisotopic (exact) mass is 288 g/mol. The van der Waals surface area contributed by atoms with Crippen molar-refractivity contribution in [2.24, 2.45) is 0 Å². The van der Waals surface area contributed by atoms with Gasteiger partial charge in [-0.15, -0.1) is 0 Å². The van der Waals surface area contributed by atoms with Gasteiger partial charge < -0.3 is 4.57 Å². The molecule has 0 N–H and O–H groups in total. The number of hydrogen-bond acceptors (Lipinski definition) is 1. The normalized spacial score (nSPS) is 16.2. The summed E-state index contributed by atoms with van der Waals surface area (Å²) in [6, 6.07) is 3.51. The minimum Gasteiger partial charge on any atom is -0.315 e. The summed E-state index contributed by atoms with van der Waals surface area (Å²) in [5.41, 5.74) is 1.55. The van der Waals surface area contributed by atoms with E-state index in [0.29, 0.717) is 11.6 Å². The molecular formula is C10H7BrClFN2. The lowest BCUT2D eigenvalue weighted by atomic mass is 10.3. The van der Waals surface area contributed by atoms with Crippen LogP contribution in [0.25, 0.3) is 11.0 Å². The standard InChI is InChI=1S/C10H7BrClFN2/c11-10-14-8-4-7(13)6(12)3-9(8)15(10)5-1-2-5/h3-5H,1-2H2. The maximum absolute atomic E-state index is 13.2. The van der Waals surface area contributed by atoms with Crippen molar-refractivity contribution in [3.63, 3.8) is 0 Å². The minimum absolute atomic E-state index is 0.150. The van der Waals surface area contributed by atoms with E-state index < -0.39 is 5.82 Å². The van der Waals surface area contributed by atoms with Gasteiger partial charge in [-0.1, -0.05) is 11.6 Å². The third-order valence-corrected chi connectivity index (χ3v) is 3.45. The topological polar surface area (TPSA) is 17.8 Å². The largest absolute Gasteiger partial charge is 0.315 e. The Kier molecular flexibility index (Phi) is 2.04. The summed E-state index contributed by atoms with van der Waals surface area (Å²) in [6.45, 7) is 0. The van der Waals surface area contributed by atoms with Crippen molar-refractivity contribution >= 4 is 38.6 Å². The van der Waals surface area contributed by atoms with E-state index in [1.165, 1.54) is 6.07 Å². The van der Waals surface area contributed by atoms with Gasteiger partial charge in [0.2, 0.25) is 0 Å². The van der Waals surface area contributed by atoms with Crippen molar-refractivity contribution in [2.75, 3.05) is 0 Å². The average Bonchev–Trinajstić information content (AvgIpc) is 2.93. The molecule has 1 aromatic carbocycles. The predicted molar refractivity (Wildman–Crippen MR) is 60.7 cm³/mol.